The van der Waals surface area contributed by atoms with Crippen LogP contribution < -0.4 is 0 Å². The minimum Gasteiger partial charge on any atom is -0.307 e. The highest BCUT2D eigenvalue weighted by atomic mass is 79.9. The number of nitrogens with zero attached hydrogens (tertiary/aromatic N) is 1. The maximum Gasteiger partial charge on any atom is 0.106 e. The van der Waals surface area contributed by atoms with E-state index < -0.39 is 0 Å². The van der Waals surface area contributed by atoms with Gasteiger partial charge in [0.1, 0.15) is 6.79 Å². The Hall–Kier alpha value is -0.700. The summed E-state index contributed by atoms with van der Waals surface area (Å²) in [5, 5.41) is 0. The average molecular weight is 216 g/mol. The summed E-state index contributed by atoms with van der Waals surface area (Å²) in [6.45, 7) is 6.04. The molecular weight excluding hydrogens is 206 g/mol. The van der Waals surface area contributed by atoms with Crippen LogP contribution >= 0.6 is 15.9 Å². The number of pyridine rings is 1. The Bertz CT molecular complexity index is 217. The predicted octanol–water partition coefficient (Wildman–Crippen LogP) is 2.28. The molecule has 3 heteroatoms. The molecular formula is C8H10BrNO. The highest BCUT2D eigenvalue weighted by Crippen LogP contribution is 2.16. The molecule has 0 aromatic carbocycles. The van der Waals surface area contributed by atoms with Crippen molar-refractivity contribution < 1.29 is 4.79 Å². The number of halogens is 1. The lowest BCUT2D eigenvalue weighted by Crippen LogP contribution is -1.83. The fourth-order valence-electron chi connectivity index (χ4n) is 0.676. The van der Waals surface area contributed by atoms with Crippen molar-refractivity contribution in [3.05, 3.63) is 28.0 Å². The van der Waals surface area contributed by atoms with E-state index in [9.17, 15) is 0 Å². The molecule has 0 aliphatic rings. The van der Waals surface area contributed by atoms with E-state index in [0.29, 0.717) is 0 Å². The highest BCUT2D eigenvalue weighted by molar-refractivity contribution is 9.10. The molecule has 0 N–H and O–H groups in total. The van der Waals surface area contributed by atoms with Crippen LogP contribution in [0.5, 0.6) is 0 Å². The number of rotatable bonds is 0. The third-order valence-electron chi connectivity index (χ3n) is 1.26. The molecule has 1 rings (SSSR count). The summed E-state index contributed by atoms with van der Waals surface area (Å²) in [4.78, 5) is 12.1. The van der Waals surface area contributed by atoms with Crippen LogP contribution in [-0.2, 0) is 4.79 Å². The van der Waals surface area contributed by atoms with Crippen molar-refractivity contribution in [2.24, 2.45) is 0 Å². The van der Waals surface area contributed by atoms with E-state index in [1.807, 2.05) is 26.0 Å². The molecule has 0 bridgehead atoms. The van der Waals surface area contributed by atoms with Crippen LogP contribution in [0.3, 0.4) is 0 Å². The summed E-state index contributed by atoms with van der Waals surface area (Å²) in [7, 11) is 0. The van der Waals surface area contributed by atoms with Crippen molar-refractivity contribution >= 4 is 22.7 Å². The van der Waals surface area contributed by atoms with Gasteiger partial charge in [-0.3, -0.25) is 4.98 Å². The molecule has 0 fully saturated rings. The summed E-state index contributed by atoms with van der Waals surface area (Å²) in [5.41, 5.74) is 2.29. The van der Waals surface area contributed by atoms with Crippen molar-refractivity contribution in [1.29, 1.82) is 0 Å². The quantitative estimate of drug-likeness (QED) is 0.665. The van der Waals surface area contributed by atoms with Crippen molar-refractivity contribution in [3.8, 4) is 0 Å². The van der Waals surface area contributed by atoms with Gasteiger partial charge in [-0.15, -0.1) is 0 Å². The largest absolute Gasteiger partial charge is 0.307 e. The van der Waals surface area contributed by atoms with Crippen LogP contribution in [-0.4, -0.2) is 11.8 Å². The third kappa shape index (κ3) is 2.80. The Morgan fingerprint density at radius 1 is 1.45 bits per heavy atom. The molecule has 0 atom stereocenters. The van der Waals surface area contributed by atoms with Gasteiger partial charge in [0, 0.05) is 10.7 Å². The summed E-state index contributed by atoms with van der Waals surface area (Å²) < 4.78 is 1.12. The van der Waals surface area contributed by atoms with Gasteiger partial charge >= 0.3 is 0 Å². The van der Waals surface area contributed by atoms with Crippen molar-refractivity contribution in [2.45, 2.75) is 13.8 Å². The number of aryl methyl sites for hydroxylation is 2. The van der Waals surface area contributed by atoms with E-state index >= 15 is 0 Å². The lowest BCUT2D eigenvalue weighted by Gasteiger charge is -1.97. The van der Waals surface area contributed by atoms with Gasteiger partial charge in [0.15, 0.2) is 0 Å². The fraction of sp³-hybridized carbons (Fsp3) is 0.250. The second-order valence-corrected chi connectivity index (χ2v) is 2.82. The minimum absolute atomic E-state index is 1.05. The zero-order valence-corrected chi connectivity index (χ0v) is 8.18. The first-order chi connectivity index (χ1) is 5.22. The first kappa shape index (κ1) is 10.3. The first-order valence-electron chi connectivity index (χ1n) is 3.08. The zero-order valence-electron chi connectivity index (χ0n) is 6.60. The van der Waals surface area contributed by atoms with E-state index in [0.717, 1.165) is 10.2 Å². The normalized spacial score (nSPS) is 8.27. The Morgan fingerprint density at radius 3 is 2.36 bits per heavy atom. The first-order valence-corrected chi connectivity index (χ1v) is 3.87. The second kappa shape index (κ2) is 5.02. The van der Waals surface area contributed by atoms with Crippen LogP contribution in [0.2, 0.25) is 0 Å². The van der Waals surface area contributed by atoms with Crippen LogP contribution in [0, 0.1) is 13.8 Å². The van der Waals surface area contributed by atoms with Gasteiger partial charge in [0.2, 0.25) is 0 Å². The second-order valence-electron chi connectivity index (χ2n) is 2.03. The Kier molecular flexibility index (Phi) is 4.70. The zero-order chi connectivity index (χ0) is 8.85. The van der Waals surface area contributed by atoms with Gasteiger partial charge in [0.05, 0.1) is 5.69 Å². The van der Waals surface area contributed by atoms with E-state index in [2.05, 4.69) is 27.8 Å². The fourth-order valence-corrected chi connectivity index (χ4v) is 0.911. The number of hydrogen-bond acceptors (Lipinski definition) is 2. The van der Waals surface area contributed by atoms with Gasteiger partial charge in [0.25, 0.3) is 0 Å². The van der Waals surface area contributed by atoms with Crippen molar-refractivity contribution in [1.82, 2.24) is 4.98 Å². The van der Waals surface area contributed by atoms with E-state index in [-0.39, 0.29) is 0 Å². The Morgan fingerprint density at radius 2 is 2.00 bits per heavy atom. The van der Waals surface area contributed by atoms with Crippen LogP contribution in [0.15, 0.2) is 16.7 Å². The van der Waals surface area contributed by atoms with Crippen molar-refractivity contribution in [2.75, 3.05) is 0 Å². The maximum absolute atomic E-state index is 8.00. The summed E-state index contributed by atoms with van der Waals surface area (Å²) in [6.07, 6.45) is 1.81. The minimum atomic E-state index is 1.05. The Balaban J connectivity index is 0.000000461. The standard InChI is InChI=1S/C7H8BrN.CH2O/c1-5-3-4-9-6(2)7(5)8;1-2/h3-4H,1-2H3;1H2. The predicted molar refractivity (Wildman–Crippen MR) is 48.5 cm³/mol. The molecule has 0 spiro atoms. The summed E-state index contributed by atoms with van der Waals surface area (Å²) in [5.74, 6) is 0. The van der Waals surface area contributed by atoms with Gasteiger partial charge in [-0.2, -0.15) is 0 Å². The maximum atomic E-state index is 8.00. The lowest BCUT2D eigenvalue weighted by atomic mass is 10.3. The average Bonchev–Trinajstić information content (AvgIpc) is 2.04. The highest BCUT2D eigenvalue weighted by Gasteiger charge is 1.95. The topological polar surface area (TPSA) is 30.0 Å². The number of hydrogen-bond donors (Lipinski definition) is 0. The monoisotopic (exact) mass is 215 g/mol. The van der Waals surface area contributed by atoms with Gasteiger partial charge in [-0.25, -0.2) is 0 Å². The molecule has 1 aromatic rings. The SMILES string of the molecule is C=O.Cc1ccnc(C)c1Br. The molecule has 60 valence electrons. The molecule has 0 aliphatic heterocycles. The van der Waals surface area contributed by atoms with Crippen LogP contribution in [0.1, 0.15) is 11.3 Å². The van der Waals surface area contributed by atoms with Gasteiger partial charge < -0.3 is 4.79 Å². The molecule has 1 heterocycles. The smallest absolute Gasteiger partial charge is 0.106 e. The molecule has 0 aliphatic carbocycles. The molecule has 0 unspecified atom stereocenters. The van der Waals surface area contributed by atoms with Crippen molar-refractivity contribution in [3.63, 3.8) is 0 Å². The molecule has 2 nitrogen and oxygen atoms in total. The van der Waals surface area contributed by atoms with Gasteiger partial charge in [-0.1, -0.05) is 0 Å². The lowest BCUT2D eigenvalue weighted by molar-refractivity contribution is -0.0979. The molecule has 0 saturated carbocycles. The third-order valence-corrected chi connectivity index (χ3v) is 2.46. The van der Waals surface area contributed by atoms with E-state index in [1.54, 1.807) is 0 Å². The molecule has 11 heavy (non-hydrogen) atoms. The molecule has 0 saturated heterocycles. The molecule has 0 amide bonds. The number of carbonyl (C=O) groups excluding carboxylic acids is 1. The van der Waals surface area contributed by atoms with Crippen LogP contribution in [0.4, 0.5) is 0 Å². The summed E-state index contributed by atoms with van der Waals surface area (Å²) in [6, 6.07) is 1.98. The van der Waals surface area contributed by atoms with Crippen LogP contribution in [0.25, 0.3) is 0 Å². The Labute approximate surface area is 74.8 Å². The number of carbonyl (C=O) groups is 1. The van der Waals surface area contributed by atoms with E-state index in [1.165, 1.54) is 5.56 Å². The van der Waals surface area contributed by atoms with E-state index in [4.69, 9.17) is 4.79 Å². The summed E-state index contributed by atoms with van der Waals surface area (Å²) >= 11 is 3.42. The molecule has 1 aromatic heterocycles. The molecule has 0 radical (unpaired) electrons. The number of aromatic nitrogens is 1. The van der Waals surface area contributed by atoms with Gasteiger partial charge in [-0.05, 0) is 41.4 Å².